The number of benzene rings is 1. The molecule has 1 aliphatic carbocycles. The maximum atomic E-state index is 9.80. The number of aliphatic hydroxyl groups excluding tert-OH is 1. The molecule has 0 aromatic heterocycles. The van der Waals surface area contributed by atoms with E-state index in [1.165, 1.54) is 18.4 Å². The van der Waals surface area contributed by atoms with Crippen LogP contribution in [0.25, 0.3) is 0 Å². The fraction of sp³-hybridized carbons (Fsp3) is 0.625. The van der Waals surface area contributed by atoms with Gasteiger partial charge in [-0.2, -0.15) is 0 Å². The number of aliphatic hydroxyl groups is 1. The number of methoxy groups -OCH3 is 1. The highest BCUT2D eigenvalue weighted by Gasteiger charge is 2.29. The molecule has 2 rings (SSSR count). The van der Waals surface area contributed by atoms with E-state index in [-0.39, 0.29) is 6.10 Å². The van der Waals surface area contributed by atoms with Gasteiger partial charge in [-0.3, -0.25) is 0 Å². The average molecular weight is 263 g/mol. The van der Waals surface area contributed by atoms with Crippen molar-refractivity contribution < 1.29 is 9.84 Å². The minimum Gasteiger partial charge on any atom is -0.497 e. The lowest BCUT2D eigenvalue weighted by Gasteiger charge is -2.17. The molecule has 2 unspecified atom stereocenters. The summed E-state index contributed by atoms with van der Waals surface area (Å²) in [5, 5.41) is 13.2. The van der Waals surface area contributed by atoms with E-state index in [0.717, 1.165) is 25.1 Å². The Kier molecular flexibility index (Phi) is 5.23. The summed E-state index contributed by atoms with van der Waals surface area (Å²) in [5.74, 6) is 1.46. The number of hydrogen-bond acceptors (Lipinski definition) is 3. The van der Waals surface area contributed by atoms with Crippen LogP contribution in [0.4, 0.5) is 0 Å². The Morgan fingerprint density at radius 3 is 2.58 bits per heavy atom. The zero-order chi connectivity index (χ0) is 13.7. The fourth-order valence-corrected chi connectivity index (χ4v) is 2.25. The highest BCUT2D eigenvalue weighted by Crippen LogP contribution is 2.32. The van der Waals surface area contributed by atoms with Crippen LogP contribution < -0.4 is 10.1 Å². The van der Waals surface area contributed by atoms with Crippen LogP contribution in [0.15, 0.2) is 24.3 Å². The van der Waals surface area contributed by atoms with Gasteiger partial charge in [0.2, 0.25) is 0 Å². The lowest BCUT2D eigenvalue weighted by atomic mass is 10.1. The van der Waals surface area contributed by atoms with Crippen LogP contribution in [0.5, 0.6) is 5.75 Å². The average Bonchev–Trinajstić information content (AvgIpc) is 3.27. The SMILES string of the molecule is COc1ccc(CCC(C)NCC(O)C2CC2)cc1. The van der Waals surface area contributed by atoms with Gasteiger partial charge in [0.25, 0.3) is 0 Å². The largest absolute Gasteiger partial charge is 0.497 e. The van der Waals surface area contributed by atoms with E-state index in [0.29, 0.717) is 12.0 Å². The van der Waals surface area contributed by atoms with Crippen molar-refractivity contribution in [2.45, 2.75) is 44.8 Å². The Bertz CT molecular complexity index is 373. The van der Waals surface area contributed by atoms with Gasteiger partial charge in [-0.25, -0.2) is 0 Å². The fourth-order valence-electron chi connectivity index (χ4n) is 2.25. The van der Waals surface area contributed by atoms with Gasteiger partial charge in [0, 0.05) is 12.6 Å². The van der Waals surface area contributed by atoms with Crippen LogP contribution in [0.3, 0.4) is 0 Å². The first-order chi connectivity index (χ1) is 9.19. The summed E-state index contributed by atoms with van der Waals surface area (Å²) in [7, 11) is 1.69. The summed E-state index contributed by atoms with van der Waals surface area (Å²) in [5.41, 5.74) is 1.33. The molecular formula is C16H25NO2. The summed E-state index contributed by atoms with van der Waals surface area (Å²) in [6.07, 6.45) is 4.39. The summed E-state index contributed by atoms with van der Waals surface area (Å²) in [6.45, 7) is 2.91. The molecule has 1 fully saturated rings. The van der Waals surface area contributed by atoms with E-state index in [9.17, 15) is 5.11 Å². The third-order valence-electron chi connectivity index (χ3n) is 3.87. The number of aryl methyl sites for hydroxylation is 1. The molecule has 2 N–H and O–H groups in total. The lowest BCUT2D eigenvalue weighted by Crippen LogP contribution is -2.34. The van der Waals surface area contributed by atoms with E-state index >= 15 is 0 Å². The Hall–Kier alpha value is -1.06. The first-order valence-electron chi connectivity index (χ1n) is 7.23. The third kappa shape index (κ3) is 4.84. The number of hydrogen-bond donors (Lipinski definition) is 2. The third-order valence-corrected chi connectivity index (χ3v) is 3.87. The molecule has 1 aliphatic rings. The molecule has 0 bridgehead atoms. The van der Waals surface area contributed by atoms with E-state index in [1.807, 2.05) is 12.1 Å². The van der Waals surface area contributed by atoms with Crippen LogP contribution in [0, 0.1) is 5.92 Å². The number of ether oxygens (including phenoxy) is 1. The summed E-state index contributed by atoms with van der Waals surface area (Å²) in [4.78, 5) is 0. The van der Waals surface area contributed by atoms with Crippen molar-refractivity contribution in [2.75, 3.05) is 13.7 Å². The van der Waals surface area contributed by atoms with Crippen LogP contribution in [-0.4, -0.2) is 30.9 Å². The van der Waals surface area contributed by atoms with E-state index in [4.69, 9.17) is 4.74 Å². The molecule has 0 saturated heterocycles. The molecule has 0 spiro atoms. The Labute approximate surface area is 116 Å². The molecule has 1 aromatic carbocycles. The second-order valence-electron chi connectivity index (χ2n) is 5.60. The molecule has 3 heteroatoms. The van der Waals surface area contributed by atoms with Crippen molar-refractivity contribution in [3.8, 4) is 5.75 Å². The monoisotopic (exact) mass is 263 g/mol. The van der Waals surface area contributed by atoms with Gasteiger partial charge in [0.05, 0.1) is 13.2 Å². The molecule has 106 valence electrons. The maximum Gasteiger partial charge on any atom is 0.118 e. The second kappa shape index (κ2) is 6.92. The molecule has 1 aromatic rings. The zero-order valence-corrected chi connectivity index (χ0v) is 11.9. The molecule has 19 heavy (non-hydrogen) atoms. The van der Waals surface area contributed by atoms with Gasteiger partial charge < -0.3 is 15.2 Å². The summed E-state index contributed by atoms with van der Waals surface area (Å²) >= 11 is 0. The zero-order valence-electron chi connectivity index (χ0n) is 11.9. The van der Waals surface area contributed by atoms with Gasteiger partial charge in [-0.1, -0.05) is 12.1 Å². The first-order valence-corrected chi connectivity index (χ1v) is 7.23. The second-order valence-corrected chi connectivity index (χ2v) is 5.60. The van der Waals surface area contributed by atoms with Crippen molar-refractivity contribution in [3.05, 3.63) is 29.8 Å². The van der Waals surface area contributed by atoms with Crippen molar-refractivity contribution >= 4 is 0 Å². The molecule has 1 saturated carbocycles. The van der Waals surface area contributed by atoms with Crippen molar-refractivity contribution in [3.63, 3.8) is 0 Å². The van der Waals surface area contributed by atoms with E-state index in [1.54, 1.807) is 7.11 Å². The van der Waals surface area contributed by atoms with Gasteiger partial charge in [0.15, 0.2) is 0 Å². The number of rotatable bonds is 8. The van der Waals surface area contributed by atoms with E-state index in [2.05, 4.69) is 24.4 Å². The maximum absolute atomic E-state index is 9.80. The standard InChI is InChI=1S/C16H25NO2/c1-12(17-11-16(18)14-7-8-14)3-4-13-5-9-15(19-2)10-6-13/h5-6,9-10,12,14,16-18H,3-4,7-8,11H2,1-2H3. The Balaban J connectivity index is 1.65. The molecular weight excluding hydrogens is 238 g/mol. The Morgan fingerprint density at radius 2 is 2.00 bits per heavy atom. The number of nitrogens with one attached hydrogen (secondary N) is 1. The normalized spacial score (nSPS) is 18.1. The topological polar surface area (TPSA) is 41.5 Å². The molecule has 0 amide bonds. The minimum atomic E-state index is -0.150. The van der Waals surface area contributed by atoms with Gasteiger partial charge >= 0.3 is 0 Å². The Morgan fingerprint density at radius 1 is 1.32 bits per heavy atom. The minimum absolute atomic E-state index is 0.150. The lowest BCUT2D eigenvalue weighted by molar-refractivity contribution is 0.145. The molecule has 3 nitrogen and oxygen atoms in total. The molecule has 0 aliphatic heterocycles. The molecule has 0 heterocycles. The van der Waals surface area contributed by atoms with Gasteiger partial charge in [-0.05, 0) is 56.2 Å². The predicted molar refractivity (Wildman–Crippen MR) is 77.5 cm³/mol. The predicted octanol–water partition coefficient (Wildman–Crippen LogP) is 2.38. The molecule has 2 atom stereocenters. The van der Waals surface area contributed by atoms with Crippen LogP contribution >= 0.6 is 0 Å². The van der Waals surface area contributed by atoms with Gasteiger partial charge in [-0.15, -0.1) is 0 Å². The summed E-state index contributed by atoms with van der Waals surface area (Å²) in [6, 6.07) is 8.68. The first kappa shape index (κ1) is 14.4. The van der Waals surface area contributed by atoms with Crippen molar-refractivity contribution in [2.24, 2.45) is 5.92 Å². The quantitative estimate of drug-likeness (QED) is 0.756. The smallest absolute Gasteiger partial charge is 0.118 e. The van der Waals surface area contributed by atoms with Crippen molar-refractivity contribution in [1.29, 1.82) is 0 Å². The van der Waals surface area contributed by atoms with E-state index < -0.39 is 0 Å². The highest BCUT2D eigenvalue weighted by molar-refractivity contribution is 5.27. The highest BCUT2D eigenvalue weighted by atomic mass is 16.5. The molecule has 0 radical (unpaired) electrons. The van der Waals surface area contributed by atoms with Gasteiger partial charge in [0.1, 0.15) is 5.75 Å². The van der Waals surface area contributed by atoms with Crippen molar-refractivity contribution in [1.82, 2.24) is 5.32 Å². The van der Waals surface area contributed by atoms with Crippen LogP contribution in [0.1, 0.15) is 31.7 Å². The summed E-state index contributed by atoms with van der Waals surface area (Å²) < 4.78 is 5.15. The van der Waals surface area contributed by atoms with Crippen LogP contribution in [0.2, 0.25) is 0 Å². The van der Waals surface area contributed by atoms with Crippen LogP contribution in [-0.2, 0) is 6.42 Å².